The second kappa shape index (κ2) is 12.4. The molecule has 200 valence electrons. The van der Waals surface area contributed by atoms with Gasteiger partial charge in [0, 0.05) is 12.6 Å². The van der Waals surface area contributed by atoms with E-state index in [0.717, 1.165) is 31.2 Å². The van der Waals surface area contributed by atoms with Crippen molar-refractivity contribution in [2.24, 2.45) is 11.8 Å². The molecule has 1 saturated carbocycles. The van der Waals surface area contributed by atoms with Crippen molar-refractivity contribution in [2.75, 3.05) is 13.1 Å². The van der Waals surface area contributed by atoms with Gasteiger partial charge < -0.3 is 25.0 Å². The Morgan fingerprint density at radius 1 is 1.06 bits per heavy atom. The van der Waals surface area contributed by atoms with Crippen molar-refractivity contribution in [3.05, 3.63) is 35.9 Å². The third-order valence-electron chi connectivity index (χ3n) is 6.96. The van der Waals surface area contributed by atoms with Crippen LogP contribution in [0, 0.1) is 11.8 Å². The second-order valence-electron chi connectivity index (χ2n) is 11.0. The molecule has 3 rings (SSSR count). The minimum atomic E-state index is -1.03. The van der Waals surface area contributed by atoms with E-state index in [1.54, 1.807) is 20.8 Å². The van der Waals surface area contributed by atoms with Crippen molar-refractivity contribution < 1.29 is 28.2 Å². The number of hydrogen-bond acceptors (Lipinski definition) is 5. The lowest BCUT2D eigenvalue weighted by atomic mass is 9.75. The standard InChI is InChI=1S/C27H40FN3O5/c1-18(23(30-26(34)36-27(2,3)4)24(32)31-15-14-21(28)16-31)20-10-12-22(13-11-20)29-25(33)35-17-19-8-6-5-7-9-19/h5-9,18,20-23H,10-17H2,1-4H3,(H,29,33)(H,30,34)/t18-,20?,21-,22?,23-/m0/s1. The normalized spacial score (nSPS) is 23.9. The van der Waals surface area contributed by atoms with Crippen LogP contribution in [-0.4, -0.2) is 59.9 Å². The highest BCUT2D eigenvalue weighted by Gasteiger charge is 2.39. The van der Waals surface area contributed by atoms with Crippen LogP contribution in [0.15, 0.2) is 30.3 Å². The molecule has 2 N–H and O–H groups in total. The number of rotatable bonds is 7. The molecule has 0 radical (unpaired) electrons. The van der Waals surface area contributed by atoms with Crippen molar-refractivity contribution in [1.82, 2.24) is 15.5 Å². The fourth-order valence-electron chi connectivity index (χ4n) is 4.96. The Morgan fingerprint density at radius 2 is 1.72 bits per heavy atom. The Morgan fingerprint density at radius 3 is 2.31 bits per heavy atom. The SMILES string of the molecule is C[C@@H](C1CCC(NC(=O)OCc2ccccc2)CC1)[C@H](NC(=O)OC(C)(C)C)C(=O)N1CC[C@H](F)C1. The summed E-state index contributed by atoms with van der Waals surface area (Å²) in [6.07, 6.45) is 1.26. The molecule has 0 aromatic heterocycles. The molecule has 0 bridgehead atoms. The summed E-state index contributed by atoms with van der Waals surface area (Å²) < 4.78 is 24.5. The summed E-state index contributed by atoms with van der Waals surface area (Å²) in [4.78, 5) is 39.6. The van der Waals surface area contributed by atoms with E-state index in [9.17, 15) is 18.8 Å². The van der Waals surface area contributed by atoms with E-state index in [2.05, 4.69) is 10.6 Å². The number of likely N-dealkylation sites (tertiary alicyclic amines) is 1. The maximum absolute atomic E-state index is 13.8. The average molecular weight is 506 g/mol. The van der Waals surface area contributed by atoms with Gasteiger partial charge in [-0.2, -0.15) is 0 Å². The number of nitrogens with zero attached hydrogens (tertiary/aromatic N) is 1. The van der Waals surface area contributed by atoms with Crippen LogP contribution >= 0.6 is 0 Å². The Kier molecular flexibility index (Phi) is 9.56. The van der Waals surface area contributed by atoms with Crippen LogP contribution in [-0.2, 0) is 20.9 Å². The third kappa shape index (κ3) is 8.38. The van der Waals surface area contributed by atoms with Gasteiger partial charge >= 0.3 is 12.2 Å². The van der Waals surface area contributed by atoms with Crippen LogP contribution in [0.25, 0.3) is 0 Å². The predicted molar refractivity (Wildman–Crippen MR) is 134 cm³/mol. The highest BCUT2D eigenvalue weighted by Crippen LogP contribution is 2.33. The first kappa shape index (κ1) is 27.7. The number of hydrogen-bond donors (Lipinski definition) is 2. The number of carbonyl (C=O) groups excluding carboxylic acids is 3. The quantitative estimate of drug-likeness (QED) is 0.566. The first-order valence-electron chi connectivity index (χ1n) is 12.9. The first-order valence-corrected chi connectivity index (χ1v) is 12.9. The topological polar surface area (TPSA) is 97.0 Å². The summed E-state index contributed by atoms with van der Waals surface area (Å²) in [5.74, 6) is -0.274. The van der Waals surface area contributed by atoms with E-state index in [4.69, 9.17) is 9.47 Å². The van der Waals surface area contributed by atoms with Gasteiger partial charge in [-0.1, -0.05) is 37.3 Å². The number of benzene rings is 1. The van der Waals surface area contributed by atoms with Gasteiger partial charge in [-0.15, -0.1) is 0 Å². The Labute approximate surface area is 213 Å². The van der Waals surface area contributed by atoms with Gasteiger partial charge in [0.1, 0.15) is 24.4 Å². The van der Waals surface area contributed by atoms with Crippen LogP contribution in [0.5, 0.6) is 0 Å². The minimum absolute atomic E-state index is 0.00410. The van der Waals surface area contributed by atoms with Gasteiger partial charge in [-0.25, -0.2) is 14.0 Å². The summed E-state index contributed by atoms with van der Waals surface area (Å²) in [6, 6.07) is 8.71. The molecule has 3 atom stereocenters. The molecule has 0 spiro atoms. The molecule has 1 aliphatic carbocycles. The number of halogens is 1. The van der Waals surface area contributed by atoms with Crippen molar-refractivity contribution in [1.29, 1.82) is 0 Å². The van der Waals surface area contributed by atoms with Gasteiger partial charge in [0.2, 0.25) is 5.91 Å². The van der Waals surface area contributed by atoms with E-state index in [1.807, 2.05) is 37.3 Å². The zero-order valence-corrected chi connectivity index (χ0v) is 21.8. The van der Waals surface area contributed by atoms with Crippen LogP contribution in [0.2, 0.25) is 0 Å². The molecule has 1 aromatic carbocycles. The number of alkyl carbamates (subject to hydrolysis) is 2. The Balaban J connectivity index is 1.54. The molecule has 1 aromatic rings. The van der Waals surface area contributed by atoms with Gasteiger partial charge in [-0.3, -0.25) is 4.79 Å². The second-order valence-corrected chi connectivity index (χ2v) is 11.0. The van der Waals surface area contributed by atoms with Crippen molar-refractivity contribution >= 4 is 18.1 Å². The van der Waals surface area contributed by atoms with Gasteiger partial charge in [0.25, 0.3) is 0 Å². The van der Waals surface area contributed by atoms with E-state index in [1.165, 1.54) is 4.90 Å². The lowest BCUT2D eigenvalue weighted by Crippen LogP contribution is -2.54. The molecule has 1 saturated heterocycles. The van der Waals surface area contributed by atoms with Crippen LogP contribution in [0.1, 0.15) is 65.4 Å². The first-order chi connectivity index (χ1) is 17.0. The number of carbonyl (C=O) groups is 3. The average Bonchev–Trinajstić information content (AvgIpc) is 3.27. The number of ether oxygens (including phenoxy) is 2. The summed E-state index contributed by atoms with van der Waals surface area (Å²) in [5.41, 5.74) is 0.229. The van der Waals surface area contributed by atoms with E-state index in [-0.39, 0.29) is 36.9 Å². The van der Waals surface area contributed by atoms with Crippen molar-refractivity contribution in [3.63, 3.8) is 0 Å². The Bertz CT molecular complexity index is 883. The zero-order valence-electron chi connectivity index (χ0n) is 21.8. The van der Waals surface area contributed by atoms with Crippen molar-refractivity contribution in [2.45, 2.75) is 90.3 Å². The van der Waals surface area contributed by atoms with Gasteiger partial charge in [0.15, 0.2) is 0 Å². The molecule has 36 heavy (non-hydrogen) atoms. The fourth-order valence-corrected chi connectivity index (χ4v) is 4.96. The van der Waals surface area contributed by atoms with Gasteiger partial charge in [0.05, 0.1) is 6.54 Å². The van der Waals surface area contributed by atoms with Crippen LogP contribution < -0.4 is 10.6 Å². The largest absolute Gasteiger partial charge is 0.445 e. The molecule has 0 unspecified atom stereocenters. The zero-order chi connectivity index (χ0) is 26.3. The fraction of sp³-hybridized carbons (Fsp3) is 0.667. The van der Waals surface area contributed by atoms with Crippen LogP contribution in [0.3, 0.4) is 0 Å². The summed E-state index contributed by atoms with van der Waals surface area (Å²) in [5, 5.41) is 5.71. The molecule has 8 nitrogen and oxygen atoms in total. The molecule has 1 heterocycles. The van der Waals surface area contributed by atoms with Crippen molar-refractivity contribution in [3.8, 4) is 0 Å². The smallest absolute Gasteiger partial charge is 0.408 e. The van der Waals surface area contributed by atoms with Gasteiger partial charge in [-0.05, 0) is 70.3 Å². The maximum Gasteiger partial charge on any atom is 0.408 e. The summed E-state index contributed by atoms with van der Waals surface area (Å²) in [7, 11) is 0. The van der Waals surface area contributed by atoms with E-state index >= 15 is 0 Å². The van der Waals surface area contributed by atoms with Crippen LogP contribution in [0.4, 0.5) is 14.0 Å². The lowest BCUT2D eigenvalue weighted by molar-refractivity contribution is -0.134. The molecule has 9 heteroatoms. The predicted octanol–water partition coefficient (Wildman–Crippen LogP) is 4.57. The molecule has 3 amide bonds. The minimum Gasteiger partial charge on any atom is -0.445 e. The molecular formula is C27H40FN3O5. The molecule has 2 fully saturated rings. The summed E-state index contributed by atoms with van der Waals surface area (Å²) in [6.45, 7) is 7.87. The summed E-state index contributed by atoms with van der Waals surface area (Å²) >= 11 is 0. The number of amides is 3. The number of alkyl halides is 1. The molecular weight excluding hydrogens is 465 g/mol. The Hall–Kier alpha value is -2.84. The lowest BCUT2D eigenvalue weighted by Gasteiger charge is -2.37. The molecule has 2 aliphatic rings. The molecule has 1 aliphatic heterocycles. The highest BCUT2D eigenvalue weighted by molar-refractivity contribution is 5.86. The van der Waals surface area contributed by atoms with E-state index in [0.29, 0.717) is 13.0 Å². The van der Waals surface area contributed by atoms with E-state index < -0.39 is 30.0 Å². The third-order valence-corrected chi connectivity index (χ3v) is 6.96. The monoisotopic (exact) mass is 505 g/mol. The number of nitrogens with one attached hydrogen (secondary N) is 2. The highest BCUT2D eigenvalue weighted by atomic mass is 19.1. The maximum atomic E-state index is 13.8.